The van der Waals surface area contributed by atoms with Crippen molar-refractivity contribution in [2.45, 2.75) is 19.4 Å². The fourth-order valence-corrected chi connectivity index (χ4v) is 2.06. The second-order valence-electron chi connectivity index (χ2n) is 4.05. The molecule has 0 amide bonds. The Kier molecular flexibility index (Phi) is 3.30. The number of carbonyl (C=O) groups excluding carboxylic acids is 1. The molecule has 0 fully saturated rings. The lowest BCUT2D eigenvalue weighted by atomic mass is 10.2. The van der Waals surface area contributed by atoms with Gasteiger partial charge in [-0.05, 0) is 18.1 Å². The van der Waals surface area contributed by atoms with E-state index in [0.29, 0.717) is 6.42 Å². The van der Waals surface area contributed by atoms with E-state index >= 15 is 0 Å². The van der Waals surface area contributed by atoms with Crippen LogP contribution in [0.3, 0.4) is 0 Å². The minimum Gasteiger partial charge on any atom is -0.373 e. The molecule has 0 atom stereocenters. The average Bonchev–Trinajstić information content (AvgIpc) is 2.68. The average molecular weight is 236 g/mol. The van der Waals surface area contributed by atoms with E-state index < -0.39 is 0 Å². The smallest absolute Gasteiger partial charge is 0.157 e. The predicted octanol–water partition coefficient (Wildman–Crippen LogP) is 3.02. The maximum absolute atomic E-state index is 11.1. The minimum atomic E-state index is 0.223. The van der Waals surface area contributed by atoms with Crippen LogP contribution >= 0.6 is 11.6 Å². The van der Waals surface area contributed by atoms with Gasteiger partial charge in [0.1, 0.15) is 0 Å². The van der Waals surface area contributed by atoms with Crippen molar-refractivity contribution in [1.82, 2.24) is 4.90 Å². The number of ketones is 1. The van der Waals surface area contributed by atoms with Crippen LogP contribution < -0.4 is 0 Å². The Balaban J connectivity index is 2.08. The fourth-order valence-electron chi connectivity index (χ4n) is 1.87. The zero-order valence-electron chi connectivity index (χ0n) is 9.24. The van der Waals surface area contributed by atoms with Crippen LogP contribution in [0.15, 0.2) is 36.0 Å². The van der Waals surface area contributed by atoms with E-state index in [2.05, 4.69) is 4.90 Å². The van der Waals surface area contributed by atoms with Gasteiger partial charge in [-0.15, -0.1) is 0 Å². The summed E-state index contributed by atoms with van der Waals surface area (Å²) in [5.74, 6) is 0.223. The number of carbonyl (C=O) groups is 1. The van der Waals surface area contributed by atoms with E-state index in [1.807, 2.05) is 31.3 Å². The van der Waals surface area contributed by atoms with Crippen LogP contribution in [-0.4, -0.2) is 17.7 Å². The van der Waals surface area contributed by atoms with E-state index in [-0.39, 0.29) is 5.78 Å². The van der Waals surface area contributed by atoms with Gasteiger partial charge in [0.2, 0.25) is 0 Å². The first-order valence-corrected chi connectivity index (χ1v) is 5.72. The van der Waals surface area contributed by atoms with E-state index in [1.54, 1.807) is 6.08 Å². The van der Waals surface area contributed by atoms with Gasteiger partial charge < -0.3 is 4.90 Å². The first-order valence-electron chi connectivity index (χ1n) is 5.35. The SMILES string of the molecule is CN(Cc1ccccc1Cl)C1=CC(=O)CC1. The maximum Gasteiger partial charge on any atom is 0.157 e. The molecule has 0 saturated carbocycles. The number of rotatable bonds is 3. The highest BCUT2D eigenvalue weighted by Gasteiger charge is 2.15. The molecule has 0 aromatic heterocycles. The third-order valence-corrected chi connectivity index (χ3v) is 3.18. The molecule has 0 N–H and O–H groups in total. The monoisotopic (exact) mass is 235 g/mol. The maximum atomic E-state index is 11.1. The number of benzene rings is 1. The van der Waals surface area contributed by atoms with Crippen molar-refractivity contribution >= 4 is 17.4 Å². The third-order valence-electron chi connectivity index (χ3n) is 2.81. The molecule has 0 saturated heterocycles. The van der Waals surface area contributed by atoms with Gasteiger partial charge in [-0.25, -0.2) is 0 Å². The summed E-state index contributed by atoms with van der Waals surface area (Å²) in [6, 6.07) is 7.79. The van der Waals surface area contributed by atoms with Crippen molar-refractivity contribution in [3.05, 3.63) is 46.6 Å². The third kappa shape index (κ3) is 2.45. The minimum absolute atomic E-state index is 0.223. The molecule has 3 heteroatoms. The van der Waals surface area contributed by atoms with Crippen molar-refractivity contribution in [1.29, 1.82) is 0 Å². The highest BCUT2D eigenvalue weighted by molar-refractivity contribution is 6.31. The molecule has 2 rings (SSSR count). The zero-order chi connectivity index (χ0) is 11.5. The Morgan fingerprint density at radius 1 is 1.31 bits per heavy atom. The van der Waals surface area contributed by atoms with Gasteiger partial charge in [-0.3, -0.25) is 4.79 Å². The van der Waals surface area contributed by atoms with Crippen LogP contribution in [0.4, 0.5) is 0 Å². The van der Waals surface area contributed by atoms with Crippen LogP contribution in [-0.2, 0) is 11.3 Å². The summed E-state index contributed by atoms with van der Waals surface area (Å²) in [5, 5.41) is 0.777. The lowest BCUT2D eigenvalue weighted by Gasteiger charge is -2.20. The number of nitrogens with zero attached hydrogens (tertiary/aromatic N) is 1. The summed E-state index contributed by atoms with van der Waals surface area (Å²) in [7, 11) is 1.99. The Hall–Kier alpha value is -1.28. The largest absolute Gasteiger partial charge is 0.373 e. The predicted molar refractivity (Wildman–Crippen MR) is 65.2 cm³/mol. The first kappa shape index (κ1) is 11.2. The Morgan fingerprint density at radius 2 is 2.06 bits per heavy atom. The van der Waals surface area contributed by atoms with Crippen LogP contribution in [0.25, 0.3) is 0 Å². The molecule has 2 nitrogen and oxygen atoms in total. The fraction of sp³-hybridized carbons (Fsp3) is 0.308. The summed E-state index contributed by atoms with van der Waals surface area (Å²) < 4.78 is 0. The Labute approximate surface area is 101 Å². The van der Waals surface area contributed by atoms with Crippen LogP contribution in [0.1, 0.15) is 18.4 Å². The topological polar surface area (TPSA) is 20.3 Å². The molecule has 0 aliphatic heterocycles. The molecule has 84 valence electrons. The zero-order valence-corrected chi connectivity index (χ0v) is 10.00. The molecule has 0 unspecified atom stereocenters. The molecule has 1 aliphatic rings. The van der Waals surface area contributed by atoms with E-state index in [1.165, 1.54) is 0 Å². The second-order valence-corrected chi connectivity index (χ2v) is 4.46. The number of hydrogen-bond acceptors (Lipinski definition) is 2. The summed E-state index contributed by atoms with van der Waals surface area (Å²) in [5.41, 5.74) is 2.19. The molecule has 0 bridgehead atoms. The molecule has 0 heterocycles. The van der Waals surface area contributed by atoms with Crippen molar-refractivity contribution in [2.75, 3.05) is 7.05 Å². The lowest BCUT2D eigenvalue weighted by molar-refractivity contribution is -0.114. The van der Waals surface area contributed by atoms with E-state index in [4.69, 9.17) is 11.6 Å². The van der Waals surface area contributed by atoms with Gasteiger partial charge in [-0.1, -0.05) is 29.8 Å². The summed E-state index contributed by atoms with van der Waals surface area (Å²) >= 11 is 6.09. The quantitative estimate of drug-likeness (QED) is 0.803. The van der Waals surface area contributed by atoms with Gasteiger partial charge in [0, 0.05) is 36.8 Å². The van der Waals surface area contributed by atoms with Crippen molar-refractivity contribution in [3.63, 3.8) is 0 Å². The van der Waals surface area contributed by atoms with E-state index in [9.17, 15) is 4.79 Å². The Bertz CT molecular complexity index is 439. The standard InChI is InChI=1S/C13H14ClNO/c1-15(11-6-7-12(16)8-11)9-10-4-2-3-5-13(10)14/h2-5,8H,6-7,9H2,1H3. The molecule has 1 aromatic rings. The van der Waals surface area contributed by atoms with Gasteiger partial charge in [0.15, 0.2) is 5.78 Å². The van der Waals surface area contributed by atoms with Crippen molar-refractivity contribution in [3.8, 4) is 0 Å². The number of halogens is 1. The highest BCUT2D eigenvalue weighted by atomic mass is 35.5. The molecule has 0 radical (unpaired) electrons. The molecule has 16 heavy (non-hydrogen) atoms. The molecule has 1 aliphatic carbocycles. The normalized spacial score (nSPS) is 15.1. The van der Waals surface area contributed by atoms with Gasteiger partial charge >= 0.3 is 0 Å². The highest BCUT2D eigenvalue weighted by Crippen LogP contribution is 2.22. The van der Waals surface area contributed by atoms with Crippen LogP contribution in [0.5, 0.6) is 0 Å². The lowest BCUT2D eigenvalue weighted by Crippen LogP contribution is -2.16. The van der Waals surface area contributed by atoms with Gasteiger partial charge in [0.25, 0.3) is 0 Å². The number of hydrogen-bond donors (Lipinski definition) is 0. The van der Waals surface area contributed by atoms with Gasteiger partial charge in [-0.2, -0.15) is 0 Å². The van der Waals surface area contributed by atoms with Crippen LogP contribution in [0.2, 0.25) is 5.02 Å². The second kappa shape index (κ2) is 4.71. The Morgan fingerprint density at radius 3 is 2.69 bits per heavy atom. The molecular weight excluding hydrogens is 222 g/mol. The van der Waals surface area contributed by atoms with Crippen molar-refractivity contribution in [2.24, 2.45) is 0 Å². The summed E-state index contributed by atoms with van der Waals surface area (Å²) in [6.07, 6.45) is 3.22. The first-order chi connectivity index (χ1) is 7.66. The summed E-state index contributed by atoms with van der Waals surface area (Å²) in [4.78, 5) is 13.2. The molecule has 0 spiro atoms. The summed E-state index contributed by atoms with van der Waals surface area (Å²) in [6.45, 7) is 0.749. The van der Waals surface area contributed by atoms with Crippen LogP contribution in [0, 0.1) is 0 Å². The molecular formula is C13H14ClNO. The van der Waals surface area contributed by atoms with E-state index in [0.717, 1.165) is 29.2 Å². The van der Waals surface area contributed by atoms with Gasteiger partial charge in [0.05, 0.1) is 0 Å². The van der Waals surface area contributed by atoms with Crippen molar-refractivity contribution < 1.29 is 4.79 Å². The molecule has 1 aromatic carbocycles. The number of allylic oxidation sites excluding steroid dienone is 2.